The van der Waals surface area contributed by atoms with E-state index >= 15 is 0 Å². The van der Waals surface area contributed by atoms with E-state index in [1.54, 1.807) is 11.3 Å². The van der Waals surface area contributed by atoms with E-state index in [4.69, 9.17) is 19.4 Å². The second kappa shape index (κ2) is 21.2. The van der Waals surface area contributed by atoms with Gasteiger partial charge >= 0.3 is 0 Å². The molecule has 0 unspecified atom stereocenters. The summed E-state index contributed by atoms with van der Waals surface area (Å²) in [4.78, 5) is 16.3. The minimum absolute atomic E-state index is 0.0707. The van der Waals surface area contributed by atoms with E-state index < -0.39 is 0 Å². The molecule has 0 fully saturated rings. The van der Waals surface area contributed by atoms with Crippen molar-refractivity contribution in [2.24, 2.45) is 0 Å². The molecule has 4 nitrogen and oxygen atoms in total. The van der Waals surface area contributed by atoms with Crippen molar-refractivity contribution in [2.45, 2.75) is 124 Å². The number of hydrogen-bond acceptors (Lipinski definition) is 6. The zero-order chi connectivity index (χ0) is 46.3. The number of nitrogens with zero attached hydrogens (tertiary/aromatic N) is 2. The summed E-state index contributed by atoms with van der Waals surface area (Å²) in [6.07, 6.45) is 14.7. The summed E-state index contributed by atoms with van der Waals surface area (Å²) in [5.74, 6) is 1.72. The van der Waals surface area contributed by atoms with Crippen LogP contribution in [-0.2, 0) is 5.41 Å². The summed E-state index contributed by atoms with van der Waals surface area (Å²) in [5.41, 5.74) is 15.6. The molecule has 8 aromatic rings. The Morgan fingerprint density at radius 2 is 0.940 bits per heavy atom. The normalized spacial score (nSPS) is 12.7. The second-order valence-electron chi connectivity index (χ2n) is 19.1. The van der Waals surface area contributed by atoms with Gasteiger partial charge in [0.05, 0.1) is 35.6 Å². The van der Waals surface area contributed by atoms with Gasteiger partial charge in [0.2, 0.25) is 0 Å². The first-order valence-electron chi connectivity index (χ1n) is 25.0. The van der Waals surface area contributed by atoms with Crippen molar-refractivity contribution < 1.29 is 9.47 Å². The molecule has 0 spiro atoms. The Balaban J connectivity index is 1.12. The van der Waals surface area contributed by atoms with Crippen LogP contribution in [0, 0.1) is 13.8 Å². The van der Waals surface area contributed by atoms with Crippen LogP contribution in [0.25, 0.3) is 76.0 Å². The first kappa shape index (κ1) is 46.5. The minimum atomic E-state index is -0.0707. The molecule has 9 rings (SSSR count). The van der Waals surface area contributed by atoms with Crippen molar-refractivity contribution in [1.82, 2.24) is 9.97 Å². The Bertz CT molecular complexity index is 2970. The van der Waals surface area contributed by atoms with Crippen LogP contribution in [0.15, 0.2) is 121 Å². The Hall–Kier alpha value is -5.56. The highest BCUT2D eigenvalue weighted by atomic mass is 32.1. The lowest BCUT2D eigenvalue weighted by molar-refractivity contribution is 0.304. The molecule has 0 atom stereocenters. The zero-order valence-electron chi connectivity index (χ0n) is 40.5. The van der Waals surface area contributed by atoms with Crippen molar-refractivity contribution in [2.75, 3.05) is 13.2 Å². The average Bonchev–Trinajstić information content (AvgIpc) is 4.07. The number of ether oxygens (including phenoxy) is 2. The number of thiophene rings is 2. The monoisotopic (exact) mass is 922 g/mol. The van der Waals surface area contributed by atoms with Crippen LogP contribution in [0.3, 0.4) is 0 Å². The van der Waals surface area contributed by atoms with Gasteiger partial charge in [0, 0.05) is 47.2 Å². The van der Waals surface area contributed by atoms with Gasteiger partial charge in [0.15, 0.2) is 0 Å². The van der Waals surface area contributed by atoms with Crippen molar-refractivity contribution in [3.05, 3.63) is 143 Å². The summed E-state index contributed by atoms with van der Waals surface area (Å²) in [6, 6.07) is 44.4. The molecule has 3 aromatic heterocycles. The van der Waals surface area contributed by atoms with E-state index in [-0.39, 0.29) is 5.41 Å². The van der Waals surface area contributed by atoms with Crippen LogP contribution < -0.4 is 9.47 Å². The molecule has 6 heteroatoms. The maximum Gasteiger partial charge on any atom is 0.119 e. The Kier molecular flexibility index (Phi) is 14.7. The quantitative estimate of drug-likeness (QED) is 0.0674. The van der Waals surface area contributed by atoms with Gasteiger partial charge in [-0.2, -0.15) is 0 Å². The van der Waals surface area contributed by atoms with E-state index in [0.29, 0.717) is 13.2 Å². The standard InChI is InChI=1S/C61H66N2O2S2/c1-7-9-11-13-15-17-35-64-46-23-19-21-44(38-46)57-58(45-22-20-24-47(39-45)65-36-18-16-14-12-10-8-2)63-60-51(31-30-50(59(60)62-57)55-32-26-42(4)66-55)56-34-33-54(67-56)43-27-29-49-48-28-25-41(3)37-52(48)61(5,6)53(49)40-43/h19-34,37-40H,7-18,35-36H2,1-6H3. The highest BCUT2D eigenvalue weighted by molar-refractivity contribution is 7.19. The fraction of sp³-hybridized carbons (Fsp3) is 0.344. The maximum absolute atomic E-state index is 6.43. The first-order valence-corrected chi connectivity index (χ1v) is 26.6. The molecule has 0 aliphatic heterocycles. The number of aromatic nitrogens is 2. The highest BCUT2D eigenvalue weighted by Crippen LogP contribution is 2.51. The van der Waals surface area contributed by atoms with Crippen LogP contribution in [0.5, 0.6) is 11.5 Å². The smallest absolute Gasteiger partial charge is 0.119 e. The molecule has 0 radical (unpaired) electrons. The van der Waals surface area contributed by atoms with Gasteiger partial charge in [-0.3, -0.25) is 0 Å². The summed E-state index contributed by atoms with van der Waals surface area (Å²) in [7, 11) is 0. The molecular weight excluding hydrogens is 857 g/mol. The van der Waals surface area contributed by atoms with Crippen molar-refractivity contribution in [3.8, 4) is 76.5 Å². The summed E-state index contributed by atoms with van der Waals surface area (Å²) < 4.78 is 12.8. The third kappa shape index (κ3) is 10.3. The molecule has 0 saturated heterocycles. The van der Waals surface area contributed by atoms with Gasteiger partial charge in [0.1, 0.15) is 11.5 Å². The van der Waals surface area contributed by atoms with Crippen LogP contribution in [-0.4, -0.2) is 23.2 Å². The Morgan fingerprint density at radius 1 is 0.448 bits per heavy atom. The number of benzene rings is 5. The fourth-order valence-corrected chi connectivity index (χ4v) is 11.7. The van der Waals surface area contributed by atoms with E-state index in [9.17, 15) is 0 Å². The molecule has 1 aliphatic carbocycles. The largest absolute Gasteiger partial charge is 0.494 e. The first-order chi connectivity index (χ1) is 32.7. The van der Waals surface area contributed by atoms with Gasteiger partial charge in [-0.25, -0.2) is 9.97 Å². The average molecular weight is 923 g/mol. The third-order valence-electron chi connectivity index (χ3n) is 13.6. The predicted octanol–water partition coefficient (Wildman–Crippen LogP) is 18.5. The van der Waals surface area contributed by atoms with Crippen LogP contribution in [0.2, 0.25) is 0 Å². The van der Waals surface area contributed by atoms with Gasteiger partial charge in [-0.15, -0.1) is 22.7 Å². The summed E-state index contributed by atoms with van der Waals surface area (Å²) in [6.45, 7) is 15.0. The number of fused-ring (bicyclic) bond motifs is 4. The van der Waals surface area contributed by atoms with Crippen LogP contribution in [0.1, 0.15) is 126 Å². The number of rotatable bonds is 21. The topological polar surface area (TPSA) is 44.2 Å². The molecule has 3 heterocycles. The maximum atomic E-state index is 6.43. The fourth-order valence-electron chi connectivity index (χ4n) is 9.77. The lowest BCUT2D eigenvalue weighted by atomic mass is 9.81. The van der Waals surface area contributed by atoms with Gasteiger partial charge < -0.3 is 9.47 Å². The van der Waals surface area contributed by atoms with Crippen molar-refractivity contribution >= 4 is 33.7 Å². The molecule has 1 aliphatic rings. The van der Waals surface area contributed by atoms with Crippen molar-refractivity contribution in [1.29, 1.82) is 0 Å². The lowest BCUT2D eigenvalue weighted by Gasteiger charge is -2.22. The molecule has 344 valence electrons. The Morgan fingerprint density at radius 3 is 1.51 bits per heavy atom. The molecule has 0 N–H and O–H groups in total. The van der Waals surface area contributed by atoms with Crippen molar-refractivity contribution in [3.63, 3.8) is 0 Å². The zero-order valence-corrected chi connectivity index (χ0v) is 42.1. The minimum Gasteiger partial charge on any atom is -0.494 e. The second-order valence-corrected chi connectivity index (χ2v) is 21.4. The highest BCUT2D eigenvalue weighted by Gasteiger charge is 2.35. The molecular formula is C61H66N2O2S2. The SMILES string of the molecule is CCCCCCCCOc1cccc(-c2nc3c(-c4ccc(C)s4)ccc(-c4ccc(-c5ccc6c(c5)C(C)(C)c5cc(C)ccc5-6)s4)c3nc2-c2cccc(OCCCCCCCC)c2)c1. The molecule has 0 amide bonds. The number of aryl methyl sites for hydroxylation is 2. The van der Waals surface area contributed by atoms with E-state index in [1.165, 1.54) is 117 Å². The van der Waals surface area contributed by atoms with Gasteiger partial charge in [0.25, 0.3) is 0 Å². The van der Waals surface area contributed by atoms with E-state index in [2.05, 4.69) is 163 Å². The molecule has 5 aromatic carbocycles. The third-order valence-corrected chi connectivity index (χ3v) is 15.8. The van der Waals surface area contributed by atoms with E-state index in [1.807, 2.05) is 11.3 Å². The van der Waals surface area contributed by atoms with Gasteiger partial charge in [-0.1, -0.05) is 164 Å². The molecule has 0 bridgehead atoms. The predicted molar refractivity (Wildman–Crippen MR) is 287 cm³/mol. The van der Waals surface area contributed by atoms with Crippen LogP contribution in [0.4, 0.5) is 0 Å². The number of unbranched alkanes of at least 4 members (excludes halogenated alkanes) is 10. The van der Waals surface area contributed by atoms with Gasteiger partial charge in [-0.05, 0) is 109 Å². The van der Waals surface area contributed by atoms with Crippen LogP contribution >= 0.6 is 22.7 Å². The lowest BCUT2D eigenvalue weighted by Crippen LogP contribution is -2.15. The molecule has 0 saturated carbocycles. The summed E-state index contributed by atoms with van der Waals surface area (Å²) >= 11 is 3.63. The number of hydrogen-bond donors (Lipinski definition) is 0. The summed E-state index contributed by atoms with van der Waals surface area (Å²) in [5, 5.41) is 0. The van der Waals surface area contributed by atoms with E-state index in [0.717, 1.165) is 69.0 Å². The Labute approximate surface area is 407 Å². The molecule has 67 heavy (non-hydrogen) atoms.